The molecule has 2 aromatic rings. The SMILES string of the molecule is CC.COC(=O)c1cc(Nc2nn(C3CCCCC3C#N)cc2C(N)=O)ccc1Br. The quantitative estimate of drug-likeness (QED) is 0.610. The van der Waals surface area contributed by atoms with Crippen LogP contribution in [0.3, 0.4) is 0 Å². The molecule has 160 valence electrons. The van der Waals surface area contributed by atoms with E-state index in [0.717, 1.165) is 25.7 Å². The van der Waals surface area contributed by atoms with Gasteiger partial charge in [-0.25, -0.2) is 4.79 Å². The largest absolute Gasteiger partial charge is 0.465 e. The second kappa shape index (κ2) is 10.8. The van der Waals surface area contributed by atoms with Crippen LogP contribution in [0, 0.1) is 17.2 Å². The number of esters is 1. The minimum atomic E-state index is -0.622. The molecular weight excluding hydrogens is 450 g/mol. The first-order valence-corrected chi connectivity index (χ1v) is 10.7. The van der Waals surface area contributed by atoms with E-state index in [1.165, 1.54) is 7.11 Å². The monoisotopic (exact) mass is 475 g/mol. The lowest BCUT2D eigenvalue weighted by Gasteiger charge is -2.26. The number of amides is 1. The van der Waals surface area contributed by atoms with Gasteiger partial charge < -0.3 is 15.8 Å². The summed E-state index contributed by atoms with van der Waals surface area (Å²) < 4.78 is 7.02. The molecule has 8 nitrogen and oxygen atoms in total. The van der Waals surface area contributed by atoms with Crippen molar-refractivity contribution in [1.82, 2.24) is 9.78 Å². The van der Waals surface area contributed by atoms with E-state index in [-0.39, 0.29) is 23.3 Å². The number of benzene rings is 1. The van der Waals surface area contributed by atoms with E-state index in [9.17, 15) is 14.9 Å². The fourth-order valence-electron chi connectivity index (χ4n) is 3.42. The number of anilines is 2. The molecule has 1 aromatic heterocycles. The summed E-state index contributed by atoms with van der Waals surface area (Å²) in [6.45, 7) is 4.00. The average molecular weight is 476 g/mol. The highest BCUT2D eigenvalue weighted by Crippen LogP contribution is 2.34. The molecule has 3 N–H and O–H groups in total. The van der Waals surface area contributed by atoms with Gasteiger partial charge in [0, 0.05) is 16.4 Å². The van der Waals surface area contributed by atoms with Crippen LogP contribution in [0.1, 0.15) is 66.3 Å². The van der Waals surface area contributed by atoms with Crippen molar-refractivity contribution in [3.05, 3.63) is 40.0 Å². The molecule has 0 spiro atoms. The first-order chi connectivity index (χ1) is 14.4. The fraction of sp³-hybridized carbons (Fsp3) is 0.429. The molecule has 1 aliphatic rings. The van der Waals surface area contributed by atoms with Gasteiger partial charge in [-0.1, -0.05) is 26.7 Å². The first-order valence-electron chi connectivity index (χ1n) is 9.88. The third kappa shape index (κ3) is 5.19. The second-order valence-corrected chi connectivity index (χ2v) is 7.49. The van der Waals surface area contributed by atoms with Crippen LogP contribution >= 0.6 is 15.9 Å². The normalized spacial score (nSPS) is 17.8. The highest BCUT2D eigenvalue weighted by Gasteiger charge is 2.29. The van der Waals surface area contributed by atoms with E-state index in [1.807, 2.05) is 13.8 Å². The summed E-state index contributed by atoms with van der Waals surface area (Å²) in [6.07, 6.45) is 5.24. The Morgan fingerprint density at radius 1 is 1.30 bits per heavy atom. The number of nitrogens with zero attached hydrogens (tertiary/aromatic N) is 3. The number of ether oxygens (including phenoxy) is 1. The Labute approximate surface area is 184 Å². The number of aromatic nitrogens is 2. The fourth-order valence-corrected chi connectivity index (χ4v) is 3.83. The van der Waals surface area contributed by atoms with Crippen molar-refractivity contribution < 1.29 is 14.3 Å². The van der Waals surface area contributed by atoms with Crippen molar-refractivity contribution in [1.29, 1.82) is 5.26 Å². The maximum absolute atomic E-state index is 11.9. The molecular formula is C21H26BrN5O3. The summed E-state index contributed by atoms with van der Waals surface area (Å²) >= 11 is 3.31. The van der Waals surface area contributed by atoms with Crippen molar-refractivity contribution in [2.24, 2.45) is 11.7 Å². The zero-order valence-electron chi connectivity index (χ0n) is 17.3. The van der Waals surface area contributed by atoms with E-state index in [0.29, 0.717) is 15.7 Å². The smallest absolute Gasteiger partial charge is 0.339 e. The van der Waals surface area contributed by atoms with E-state index < -0.39 is 11.9 Å². The van der Waals surface area contributed by atoms with Gasteiger partial charge in [0.2, 0.25) is 0 Å². The van der Waals surface area contributed by atoms with E-state index >= 15 is 0 Å². The molecule has 2 atom stereocenters. The van der Waals surface area contributed by atoms with Crippen molar-refractivity contribution in [2.45, 2.75) is 45.6 Å². The second-order valence-electron chi connectivity index (χ2n) is 6.63. The number of carbonyl (C=O) groups excluding carboxylic acids is 2. The lowest BCUT2D eigenvalue weighted by molar-refractivity contribution is 0.0599. The van der Waals surface area contributed by atoms with Crippen molar-refractivity contribution in [3.8, 4) is 6.07 Å². The van der Waals surface area contributed by atoms with Gasteiger partial charge in [-0.15, -0.1) is 0 Å². The topological polar surface area (TPSA) is 123 Å². The standard InChI is InChI=1S/C19H20BrN5O3.C2H6/c1-28-19(27)13-8-12(6-7-15(13)20)23-18-14(17(22)26)10-25(24-18)16-5-3-2-4-11(16)9-21;1-2/h6-8,10-11,16H,2-5H2,1H3,(H2,22,26)(H,23,24);1-2H3. The molecule has 1 heterocycles. The van der Waals surface area contributed by atoms with Crippen LogP contribution in [0.4, 0.5) is 11.5 Å². The maximum Gasteiger partial charge on any atom is 0.339 e. The van der Waals surface area contributed by atoms with Crippen molar-refractivity contribution in [3.63, 3.8) is 0 Å². The zero-order valence-corrected chi connectivity index (χ0v) is 18.9. The van der Waals surface area contributed by atoms with Crippen molar-refractivity contribution >= 4 is 39.3 Å². The summed E-state index contributed by atoms with van der Waals surface area (Å²) in [5.41, 5.74) is 6.64. The highest BCUT2D eigenvalue weighted by atomic mass is 79.9. The number of nitrogens with one attached hydrogen (secondary N) is 1. The number of methoxy groups -OCH3 is 1. The van der Waals surface area contributed by atoms with Gasteiger partial charge in [-0.05, 0) is 47.0 Å². The van der Waals surface area contributed by atoms with Gasteiger partial charge in [-0.3, -0.25) is 9.48 Å². The van der Waals surface area contributed by atoms with Crippen LogP contribution in [-0.4, -0.2) is 28.8 Å². The number of hydrogen-bond donors (Lipinski definition) is 2. The molecule has 1 fully saturated rings. The molecule has 3 rings (SSSR count). The predicted octanol–water partition coefficient (Wildman–Crippen LogP) is 4.56. The van der Waals surface area contributed by atoms with Gasteiger partial charge in [0.05, 0.1) is 30.7 Å². The lowest BCUT2D eigenvalue weighted by atomic mass is 9.85. The summed E-state index contributed by atoms with van der Waals surface area (Å²) in [5, 5.41) is 17.0. The van der Waals surface area contributed by atoms with Gasteiger partial charge >= 0.3 is 5.97 Å². The third-order valence-electron chi connectivity index (χ3n) is 4.87. The Balaban J connectivity index is 0.00000155. The number of hydrogen-bond acceptors (Lipinski definition) is 6. The highest BCUT2D eigenvalue weighted by molar-refractivity contribution is 9.10. The van der Waals surface area contributed by atoms with Crippen LogP contribution < -0.4 is 11.1 Å². The summed E-state index contributed by atoms with van der Waals surface area (Å²) in [4.78, 5) is 23.8. The molecule has 0 saturated heterocycles. The number of nitrogens with two attached hydrogens (primary N) is 1. The van der Waals surface area contributed by atoms with E-state index in [2.05, 4.69) is 32.4 Å². The molecule has 1 aliphatic carbocycles. The van der Waals surface area contributed by atoms with Gasteiger partial charge in [0.25, 0.3) is 5.91 Å². The van der Waals surface area contributed by atoms with Crippen LogP contribution in [-0.2, 0) is 4.74 Å². The summed E-state index contributed by atoms with van der Waals surface area (Å²) in [6, 6.07) is 7.27. The lowest BCUT2D eigenvalue weighted by Crippen LogP contribution is -2.22. The molecule has 1 aromatic carbocycles. The minimum Gasteiger partial charge on any atom is -0.465 e. The van der Waals surface area contributed by atoms with Gasteiger partial charge in [0.1, 0.15) is 5.56 Å². The number of primary amides is 1. The number of nitriles is 1. The molecule has 0 bridgehead atoms. The van der Waals surface area contributed by atoms with E-state index in [1.54, 1.807) is 29.1 Å². The molecule has 1 amide bonds. The Bertz CT molecular complexity index is 951. The number of rotatable bonds is 5. The van der Waals surface area contributed by atoms with Crippen LogP contribution in [0.5, 0.6) is 0 Å². The van der Waals surface area contributed by atoms with Gasteiger partial charge in [-0.2, -0.15) is 10.4 Å². The number of carbonyl (C=O) groups is 2. The Kier molecular flexibility index (Phi) is 8.42. The van der Waals surface area contributed by atoms with Crippen molar-refractivity contribution in [2.75, 3.05) is 12.4 Å². The Morgan fingerprint density at radius 2 is 2.00 bits per heavy atom. The molecule has 30 heavy (non-hydrogen) atoms. The van der Waals surface area contributed by atoms with E-state index in [4.69, 9.17) is 10.5 Å². The first kappa shape index (κ1) is 23.4. The zero-order chi connectivity index (χ0) is 22.3. The van der Waals surface area contributed by atoms with Crippen LogP contribution in [0.2, 0.25) is 0 Å². The maximum atomic E-state index is 11.9. The minimum absolute atomic E-state index is 0.0945. The predicted molar refractivity (Wildman–Crippen MR) is 117 cm³/mol. The van der Waals surface area contributed by atoms with Crippen LogP contribution in [0.15, 0.2) is 28.9 Å². The summed E-state index contributed by atoms with van der Waals surface area (Å²) in [5.74, 6) is -0.979. The Hall–Kier alpha value is -2.86. The average Bonchev–Trinajstić information content (AvgIpc) is 3.19. The van der Waals surface area contributed by atoms with Crippen LogP contribution in [0.25, 0.3) is 0 Å². The number of halogens is 1. The third-order valence-corrected chi connectivity index (χ3v) is 5.56. The molecule has 0 aliphatic heterocycles. The molecule has 2 unspecified atom stereocenters. The molecule has 1 saturated carbocycles. The van der Waals surface area contributed by atoms with Gasteiger partial charge in [0.15, 0.2) is 5.82 Å². The summed E-state index contributed by atoms with van der Waals surface area (Å²) in [7, 11) is 1.30. The Morgan fingerprint density at radius 3 is 2.63 bits per heavy atom. The molecule has 9 heteroatoms. The molecule has 0 radical (unpaired) electrons.